The third kappa shape index (κ3) is 7.25. The van der Waals surface area contributed by atoms with E-state index in [0.717, 1.165) is 29.8 Å². The van der Waals surface area contributed by atoms with E-state index in [2.05, 4.69) is 42.1 Å². The van der Waals surface area contributed by atoms with Gasteiger partial charge in [0.2, 0.25) is 0 Å². The highest BCUT2D eigenvalue weighted by Crippen LogP contribution is 2.31. The van der Waals surface area contributed by atoms with Gasteiger partial charge in [-0.2, -0.15) is 5.10 Å². The third-order valence-electron chi connectivity index (χ3n) is 6.31. The predicted octanol–water partition coefficient (Wildman–Crippen LogP) is 4.64. The van der Waals surface area contributed by atoms with E-state index in [0.29, 0.717) is 35.1 Å². The number of nitrogens with one attached hydrogen (secondary N) is 1. The van der Waals surface area contributed by atoms with Gasteiger partial charge in [-0.3, -0.25) is 4.68 Å². The highest BCUT2D eigenvalue weighted by Gasteiger charge is 2.20. The van der Waals surface area contributed by atoms with Gasteiger partial charge in [0, 0.05) is 43.8 Å². The SMILES string of the molecule is COc1cccc(F)c1-c1nccc(Nc2cc(N3CCC[C@H](N)C3)c(C#Cc3cnn(CC(F)F)c3)cn2)n1.Cl. The minimum Gasteiger partial charge on any atom is -0.496 e. The first-order valence-electron chi connectivity index (χ1n) is 12.7. The summed E-state index contributed by atoms with van der Waals surface area (Å²) in [7, 11) is 1.46. The number of benzene rings is 1. The number of methoxy groups -OCH3 is 1. The molecule has 0 spiro atoms. The van der Waals surface area contributed by atoms with Gasteiger partial charge in [0.15, 0.2) is 5.82 Å². The summed E-state index contributed by atoms with van der Waals surface area (Å²) >= 11 is 0. The molecule has 9 nitrogen and oxygen atoms in total. The summed E-state index contributed by atoms with van der Waals surface area (Å²) in [5.74, 6) is 6.99. The van der Waals surface area contributed by atoms with Crippen molar-refractivity contribution in [2.45, 2.75) is 31.9 Å². The van der Waals surface area contributed by atoms with Crippen molar-refractivity contribution in [2.24, 2.45) is 5.73 Å². The molecule has 3 aromatic heterocycles. The number of ether oxygens (including phenoxy) is 1. The molecule has 0 amide bonds. The molecule has 0 radical (unpaired) electrons. The molecule has 0 saturated carbocycles. The third-order valence-corrected chi connectivity index (χ3v) is 6.31. The number of rotatable bonds is 7. The van der Waals surface area contributed by atoms with Crippen LogP contribution in [0, 0.1) is 17.7 Å². The van der Waals surface area contributed by atoms with Crippen LogP contribution >= 0.6 is 12.4 Å². The lowest BCUT2D eigenvalue weighted by atomic mass is 10.0. The first-order valence-corrected chi connectivity index (χ1v) is 12.7. The second kappa shape index (κ2) is 13.3. The highest BCUT2D eigenvalue weighted by molar-refractivity contribution is 5.85. The standard InChI is InChI=1S/C28H27F3N8O.ClH/c1-40-23-6-2-5-21(29)27(23)28-33-10-9-25(37-28)36-26-12-22(38-11-3-4-20(32)16-38)19(14-34-26)8-7-18-13-35-39(15-18)17-24(30)31;/h2,5-6,9-10,12-15,20,24H,3-4,11,16-17,32H2,1H3,(H,33,34,36,37);1H/t20-;/m0./s1. The molecule has 5 rings (SSSR count). The quantitative estimate of drug-likeness (QED) is 0.303. The molecule has 13 heteroatoms. The second-order valence-corrected chi connectivity index (χ2v) is 9.23. The van der Waals surface area contributed by atoms with Crippen LogP contribution in [0.25, 0.3) is 11.4 Å². The summed E-state index contributed by atoms with van der Waals surface area (Å²) in [5.41, 5.74) is 8.40. The first kappa shape index (κ1) is 29.6. The van der Waals surface area contributed by atoms with E-state index in [9.17, 15) is 13.2 Å². The van der Waals surface area contributed by atoms with Crippen LogP contribution in [-0.2, 0) is 6.54 Å². The summed E-state index contributed by atoms with van der Waals surface area (Å²) in [6, 6.07) is 8.04. The van der Waals surface area contributed by atoms with Crippen molar-refractivity contribution < 1.29 is 17.9 Å². The van der Waals surface area contributed by atoms with Crippen LogP contribution in [0.5, 0.6) is 5.75 Å². The monoisotopic (exact) mass is 584 g/mol. The van der Waals surface area contributed by atoms with Crippen molar-refractivity contribution in [1.82, 2.24) is 24.7 Å². The lowest BCUT2D eigenvalue weighted by Gasteiger charge is -2.33. The van der Waals surface area contributed by atoms with Gasteiger partial charge in [-0.15, -0.1) is 12.4 Å². The molecule has 214 valence electrons. The summed E-state index contributed by atoms with van der Waals surface area (Å²) in [4.78, 5) is 15.4. The van der Waals surface area contributed by atoms with Crippen LogP contribution in [-0.4, -0.2) is 57.4 Å². The van der Waals surface area contributed by atoms with Gasteiger partial charge in [0.1, 0.15) is 29.7 Å². The summed E-state index contributed by atoms with van der Waals surface area (Å²) in [6.07, 6.45) is 5.45. The Bertz CT molecular complexity index is 1550. The molecule has 4 heterocycles. The Morgan fingerprint density at radius 2 is 2.02 bits per heavy atom. The normalized spacial score (nSPS) is 14.7. The van der Waals surface area contributed by atoms with E-state index in [-0.39, 0.29) is 29.8 Å². The van der Waals surface area contributed by atoms with E-state index in [4.69, 9.17) is 10.5 Å². The Kier molecular flexibility index (Phi) is 9.65. The number of aromatic nitrogens is 5. The maximum Gasteiger partial charge on any atom is 0.257 e. The molecule has 1 aliphatic rings. The molecule has 3 N–H and O–H groups in total. The number of alkyl halides is 2. The predicted molar refractivity (Wildman–Crippen MR) is 152 cm³/mol. The zero-order valence-electron chi connectivity index (χ0n) is 22.1. The second-order valence-electron chi connectivity index (χ2n) is 9.23. The number of piperidine rings is 1. The van der Waals surface area contributed by atoms with Crippen LogP contribution in [0.15, 0.2) is 55.1 Å². The molecule has 0 unspecified atom stereocenters. The number of anilines is 3. The molecular weight excluding hydrogens is 557 g/mol. The maximum atomic E-state index is 14.6. The summed E-state index contributed by atoms with van der Waals surface area (Å²) in [5, 5.41) is 7.10. The number of pyridine rings is 1. The lowest BCUT2D eigenvalue weighted by molar-refractivity contribution is 0.122. The lowest BCUT2D eigenvalue weighted by Crippen LogP contribution is -2.43. The van der Waals surface area contributed by atoms with Gasteiger partial charge in [-0.05, 0) is 31.0 Å². The van der Waals surface area contributed by atoms with Gasteiger partial charge in [0.25, 0.3) is 6.43 Å². The minimum absolute atomic E-state index is 0. The first-order chi connectivity index (χ1) is 19.4. The fourth-order valence-corrected chi connectivity index (χ4v) is 4.48. The maximum absolute atomic E-state index is 14.6. The van der Waals surface area contributed by atoms with E-state index < -0.39 is 18.8 Å². The van der Waals surface area contributed by atoms with Gasteiger partial charge in [0.05, 0.1) is 35.7 Å². The van der Waals surface area contributed by atoms with E-state index in [1.807, 2.05) is 6.07 Å². The van der Waals surface area contributed by atoms with Crippen molar-refractivity contribution in [3.63, 3.8) is 0 Å². The molecule has 41 heavy (non-hydrogen) atoms. The Morgan fingerprint density at radius 3 is 2.80 bits per heavy atom. The highest BCUT2D eigenvalue weighted by atomic mass is 35.5. The molecule has 1 aliphatic heterocycles. The van der Waals surface area contributed by atoms with E-state index in [1.54, 1.807) is 24.4 Å². The van der Waals surface area contributed by atoms with E-state index >= 15 is 0 Å². The molecule has 1 atom stereocenters. The number of nitrogens with two attached hydrogens (primary N) is 1. The van der Waals surface area contributed by atoms with Crippen LogP contribution in [0.1, 0.15) is 24.0 Å². The van der Waals surface area contributed by atoms with Gasteiger partial charge >= 0.3 is 0 Å². The molecule has 1 fully saturated rings. The van der Waals surface area contributed by atoms with Crippen LogP contribution in [0.3, 0.4) is 0 Å². The molecule has 1 aromatic carbocycles. The Balaban J connectivity index is 0.00000387. The summed E-state index contributed by atoms with van der Waals surface area (Å²) in [6.45, 7) is 0.951. The Morgan fingerprint density at radius 1 is 1.17 bits per heavy atom. The largest absolute Gasteiger partial charge is 0.496 e. The van der Waals surface area contributed by atoms with Gasteiger partial charge < -0.3 is 20.7 Å². The van der Waals surface area contributed by atoms with Crippen LogP contribution in [0.2, 0.25) is 0 Å². The fourth-order valence-electron chi connectivity index (χ4n) is 4.48. The van der Waals surface area contributed by atoms with Crippen molar-refractivity contribution >= 4 is 29.7 Å². The Labute approximate surface area is 241 Å². The molecule has 0 bridgehead atoms. The van der Waals surface area contributed by atoms with Gasteiger partial charge in [-0.25, -0.2) is 28.1 Å². The zero-order valence-corrected chi connectivity index (χ0v) is 22.9. The zero-order chi connectivity index (χ0) is 28.1. The number of hydrogen-bond acceptors (Lipinski definition) is 8. The fraction of sp³-hybridized carbons (Fsp3) is 0.286. The smallest absolute Gasteiger partial charge is 0.257 e. The topological polar surface area (TPSA) is 107 Å². The minimum atomic E-state index is -2.50. The molecule has 0 aliphatic carbocycles. The van der Waals surface area contributed by atoms with Crippen LogP contribution < -0.4 is 20.7 Å². The summed E-state index contributed by atoms with van der Waals surface area (Å²) < 4.78 is 46.4. The van der Waals surface area contributed by atoms with Crippen molar-refractivity contribution in [3.8, 4) is 29.0 Å². The molecular formula is C28H28ClF3N8O. The van der Waals surface area contributed by atoms with Crippen molar-refractivity contribution in [1.29, 1.82) is 0 Å². The van der Waals surface area contributed by atoms with Crippen molar-refractivity contribution in [3.05, 3.63) is 72.1 Å². The van der Waals surface area contributed by atoms with Crippen molar-refractivity contribution in [2.75, 3.05) is 30.4 Å². The molecule has 4 aromatic rings. The average Bonchev–Trinajstić information content (AvgIpc) is 3.38. The van der Waals surface area contributed by atoms with Gasteiger partial charge in [-0.1, -0.05) is 17.9 Å². The van der Waals surface area contributed by atoms with Crippen LogP contribution in [0.4, 0.5) is 30.5 Å². The number of nitrogens with zero attached hydrogens (tertiary/aromatic N) is 6. The van der Waals surface area contributed by atoms with E-state index in [1.165, 1.54) is 31.8 Å². The number of halogens is 4. The number of hydrogen-bond donors (Lipinski definition) is 2. The molecule has 1 saturated heterocycles. The Hall–Kier alpha value is -4.34. The average molecular weight is 585 g/mol.